The molecule has 0 N–H and O–H groups in total. The number of esters is 1. The predicted octanol–water partition coefficient (Wildman–Crippen LogP) is 1.75. The van der Waals surface area contributed by atoms with E-state index in [9.17, 15) is 4.79 Å². The minimum absolute atomic E-state index is 0.260. The van der Waals surface area contributed by atoms with Crippen LogP contribution in [0.3, 0.4) is 0 Å². The topological polar surface area (TPSA) is 51.7 Å². The third-order valence-electron chi connectivity index (χ3n) is 2.42. The Kier molecular flexibility index (Phi) is 6.46. The number of pyridine rings is 1. The Morgan fingerprint density at radius 3 is 2.83 bits per heavy atom. The number of ether oxygens (including phenoxy) is 2. The van der Waals surface area contributed by atoms with Crippen molar-refractivity contribution in [2.45, 2.75) is 6.42 Å². The summed E-state index contributed by atoms with van der Waals surface area (Å²) in [5.41, 5.74) is 0. The second-order valence-corrected chi connectivity index (χ2v) is 4.02. The third-order valence-corrected chi connectivity index (χ3v) is 2.71. The maximum absolute atomic E-state index is 11.2. The van der Waals surface area contributed by atoms with Crippen LogP contribution in [-0.4, -0.2) is 44.9 Å². The van der Waals surface area contributed by atoms with Gasteiger partial charge in [0.05, 0.1) is 25.2 Å². The van der Waals surface area contributed by atoms with Gasteiger partial charge >= 0.3 is 5.97 Å². The average molecular weight is 273 g/mol. The van der Waals surface area contributed by atoms with Gasteiger partial charge in [0.25, 0.3) is 0 Å². The molecule has 0 saturated carbocycles. The van der Waals surface area contributed by atoms with Gasteiger partial charge in [0.1, 0.15) is 5.82 Å². The first-order valence-corrected chi connectivity index (χ1v) is 5.98. The highest BCUT2D eigenvalue weighted by atomic mass is 35.5. The van der Waals surface area contributed by atoms with Gasteiger partial charge in [0, 0.05) is 26.4 Å². The monoisotopic (exact) mass is 272 g/mol. The summed E-state index contributed by atoms with van der Waals surface area (Å²) in [6.45, 7) is 1.64. The summed E-state index contributed by atoms with van der Waals surface area (Å²) >= 11 is 6.09. The number of aromatic nitrogens is 1. The van der Waals surface area contributed by atoms with Crippen LogP contribution in [0.15, 0.2) is 18.3 Å². The number of nitrogens with zero attached hydrogens (tertiary/aromatic N) is 2. The lowest BCUT2D eigenvalue weighted by Crippen LogP contribution is -2.30. The van der Waals surface area contributed by atoms with Crippen LogP contribution in [0.2, 0.25) is 5.02 Å². The van der Waals surface area contributed by atoms with Gasteiger partial charge in [0.2, 0.25) is 0 Å². The summed E-state index contributed by atoms with van der Waals surface area (Å²) in [5, 5.41) is 0.554. The van der Waals surface area contributed by atoms with Crippen molar-refractivity contribution in [2.75, 3.05) is 38.8 Å². The number of hydrogen-bond acceptors (Lipinski definition) is 5. The van der Waals surface area contributed by atoms with Crippen LogP contribution in [0.4, 0.5) is 5.82 Å². The molecular weight excluding hydrogens is 256 g/mol. The van der Waals surface area contributed by atoms with Gasteiger partial charge in [-0.15, -0.1) is 0 Å². The normalized spacial score (nSPS) is 10.2. The van der Waals surface area contributed by atoms with Crippen molar-refractivity contribution in [3.05, 3.63) is 23.4 Å². The zero-order chi connectivity index (χ0) is 13.4. The Balaban J connectivity index is 2.71. The van der Waals surface area contributed by atoms with E-state index >= 15 is 0 Å². The maximum atomic E-state index is 11.2. The quantitative estimate of drug-likeness (QED) is 0.708. The minimum atomic E-state index is -0.260. The molecule has 0 aliphatic rings. The third kappa shape index (κ3) is 4.50. The number of methoxy groups -OCH3 is 2. The van der Waals surface area contributed by atoms with E-state index in [-0.39, 0.29) is 12.4 Å². The zero-order valence-electron chi connectivity index (χ0n) is 10.6. The van der Waals surface area contributed by atoms with Crippen LogP contribution >= 0.6 is 11.6 Å². The minimum Gasteiger partial charge on any atom is -0.469 e. The first-order chi connectivity index (χ1) is 8.69. The van der Waals surface area contributed by atoms with Crippen molar-refractivity contribution in [1.82, 2.24) is 4.98 Å². The van der Waals surface area contributed by atoms with Gasteiger partial charge in [0.15, 0.2) is 0 Å². The molecule has 0 saturated heterocycles. The zero-order valence-corrected chi connectivity index (χ0v) is 11.3. The lowest BCUT2D eigenvalue weighted by molar-refractivity contribution is -0.140. The van der Waals surface area contributed by atoms with Crippen molar-refractivity contribution in [1.29, 1.82) is 0 Å². The highest BCUT2D eigenvalue weighted by Gasteiger charge is 2.13. The second-order valence-electron chi connectivity index (χ2n) is 3.61. The van der Waals surface area contributed by atoms with Crippen LogP contribution in [0.5, 0.6) is 0 Å². The Morgan fingerprint density at radius 2 is 2.22 bits per heavy atom. The first kappa shape index (κ1) is 14.7. The molecule has 18 heavy (non-hydrogen) atoms. The summed E-state index contributed by atoms with van der Waals surface area (Å²) in [7, 11) is 2.99. The van der Waals surface area contributed by atoms with E-state index in [4.69, 9.17) is 16.3 Å². The Bertz CT molecular complexity index is 387. The standard InChI is InChI=1S/C12H17ClN2O3/c1-17-9-8-15(7-5-11(16)18-2)12-10(13)4-3-6-14-12/h3-4,6H,5,7-9H2,1-2H3. The molecule has 0 unspecified atom stereocenters. The molecule has 100 valence electrons. The van der Waals surface area contributed by atoms with Crippen LogP contribution in [0.25, 0.3) is 0 Å². The number of carbonyl (C=O) groups is 1. The number of hydrogen-bond donors (Lipinski definition) is 0. The molecule has 1 rings (SSSR count). The lowest BCUT2D eigenvalue weighted by Gasteiger charge is -2.23. The van der Waals surface area contributed by atoms with Gasteiger partial charge in [-0.25, -0.2) is 4.98 Å². The second kappa shape index (κ2) is 7.89. The van der Waals surface area contributed by atoms with E-state index in [1.165, 1.54) is 7.11 Å². The molecule has 0 amide bonds. The van der Waals surface area contributed by atoms with E-state index in [1.807, 2.05) is 4.90 Å². The van der Waals surface area contributed by atoms with Crippen molar-refractivity contribution in [3.63, 3.8) is 0 Å². The molecule has 0 aromatic carbocycles. The summed E-state index contributed by atoms with van der Waals surface area (Å²) < 4.78 is 9.66. The largest absolute Gasteiger partial charge is 0.469 e. The van der Waals surface area contributed by atoms with Crippen molar-refractivity contribution < 1.29 is 14.3 Å². The first-order valence-electron chi connectivity index (χ1n) is 5.60. The van der Waals surface area contributed by atoms with Gasteiger partial charge in [-0.3, -0.25) is 4.79 Å². The molecule has 0 aliphatic carbocycles. The van der Waals surface area contributed by atoms with Gasteiger partial charge in [-0.1, -0.05) is 11.6 Å². The number of rotatable bonds is 7. The Labute approximate surface area is 112 Å². The van der Waals surface area contributed by atoms with E-state index < -0.39 is 0 Å². The lowest BCUT2D eigenvalue weighted by atomic mass is 10.3. The van der Waals surface area contributed by atoms with E-state index in [2.05, 4.69) is 9.72 Å². The fourth-order valence-corrected chi connectivity index (χ4v) is 1.70. The summed E-state index contributed by atoms with van der Waals surface area (Å²) in [6, 6.07) is 3.53. The molecule has 1 heterocycles. The molecule has 1 aromatic rings. The molecule has 0 aliphatic heterocycles. The molecule has 0 bridgehead atoms. The molecule has 5 nitrogen and oxygen atoms in total. The number of halogens is 1. The van der Waals surface area contributed by atoms with E-state index in [1.54, 1.807) is 25.4 Å². The van der Waals surface area contributed by atoms with Crippen molar-refractivity contribution in [3.8, 4) is 0 Å². The molecule has 0 fully saturated rings. The van der Waals surface area contributed by atoms with E-state index in [0.717, 1.165) is 0 Å². The van der Waals surface area contributed by atoms with Crippen molar-refractivity contribution in [2.24, 2.45) is 0 Å². The predicted molar refractivity (Wildman–Crippen MR) is 70.0 cm³/mol. The van der Waals surface area contributed by atoms with Gasteiger partial charge < -0.3 is 14.4 Å². The fourth-order valence-electron chi connectivity index (χ4n) is 1.46. The Hall–Kier alpha value is -1.33. The van der Waals surface area contributed by atoms with Crippen LogP contribution < -0.4 is 4.90 Å². The molecule has 1 aromatic heterocycles. The SMILES string of the molecule is COCCN(CCC(=O)OC)c1ncccc1Cl. The summed E-state index contributed by atoms with van der Waals surface area (Å²) in [5.74, 6) is 0.393. The smallest absolute Gasteiger partial charge is 0.307 e. The number of anilines is 1. The van der Waals surface area contributed by atoms with Crippen LogP contribution in [0, 0.1) is 0 Å². The fraction of sp³-hybridized carbons (Fsp3) is 0.500. The van der Waals surface area contributed by atoms with Crippen LogP contribution in [0.1, 0.15) is 6.42 Å². The summed E-state index contributed by atoms with van der Waals surface area (Å²) in [4.78, 5) is 17.3. The van der Waals surface area contributed by atoms with E-state index in [0.29, 0.717) is 30.5 Å². The molecule has 0 radical (unpaired) electrons. The molecule has 0 atom stereocenters. The molecular formula is C12H17ClN2O3. The van der Waals surface area contributed by atoms with Crippen molar-refractivity contribution >= 4 is 23.4 Å². The highest BCUT2D eigenvalue weighted by molar-refractivity contribution is 6.32. The number of carbonyl (C=O) groups excluding carboxylic acids is 1. The van der Waals surface area contributed by atoms with Crippen LogP contribution in [-0.2, 0) is 14.3 Å². The highest BCUT2D eigenvalue weighted by Crippen LogP contribution is 2.22. The Morgan fingerprint density at radius 1 is 1.44 bits per heavy atom. The average Bonchev–Trinajstić information content (AvgIpc) is 2.39. The summed E-state index contributed by atoms with van der Waals surface area (Å²) in [6.07, 6.45) is 1.95. The molecule has 0 spiro atoms. The van der Waals surface area contributed by atoms with Gasteiger partial charge in [-0.2, -0.15) is 0 Å². The maximum Gasteiger partial charge on any atom is 0.307 e. The van der Waals surface area contributed by atoms with Gasteiger partial charge in [-0.05, 0) is 12.1 Å². The molecule has 6 heteroatoms.